The van der Waals surface area contributed by atoms with Crippen molar-refractivity contribution in [3.05, 3.63) is 0 Å². The molecule has 2 unspecified atom stereocenters. The highest BCUT2D eigenvalue weighted by molar-refractivity contribution is 8.15. The van der Waals surface area contributed by atoms with E-state index in [0.717, 1.165) is 70.5 Å². The zero-order chi connectivity index (χ0) is 23.1. The Labute approximate surface area is 194 Å². The SMILES string of the molecule is [3H][B]SO[C@@H](CC(=O)O)C[C@@H]1CCC[C@H](C[C@@H]2CCOC3(C[C@H](C)CCC3C(C)C)O2)O1. The van der Waals surface area contributed by atoms with E-state index in [0.29, 0.717) is 24.2 Å². The predicted molar refractivity (Wildman–Crippen MR) is 123 cm³/mol. The smallest absolute Gasteiger partial charge is 0.306 e. The van der Waals surface area contributed by atoms with Crippen LogP contribution >= 0.6 is 11.9 Å². The predicted octanol–water partition coefficient (Wildman–Crippen LogP) is 4.62. The highest BCUT2D eigenvalue weighted by Gasteiger charge is 2.50. The van der Waals surface area contributed by atoms with E-state index in [2.05, 4.69) is 20.8 Å². The van der Waals surface area contributed by atoms with Gasteiger partial charge < -0.3 is 23.5 Å². The van der Waals surface area contributed by atoms with Crippen LogP contribution in [-0.2, 0) is 23.2 Å². The van der Waals surface area contributed by atoms with Crippen LogP contribution in [0.3, 0.4) is 0 Å². The lowest BCUT2D eigenvalue weighted by molar-refractivity contribution is -0.342. The number of carbonyl (C=O) groups is 1. The molecule has 1 radical (unpaired) electrons. The summed E-state index contributed by atoms with van der Waals surface area (Å²) in [5.74, 6) is 0.232. The highest BCUT2D eigenvalue weighted by atomic mass is 32.2. The van der Waals surface area contributed by atoms with Crippen LogP contribution in [0, 0.1) is 17.8 Å². The van der Waals surface area contributed by atoms with Crippen LogP contribution in [0.25, 0.3) is 0 Å². The number of ether oxygens (including phenoxy) is 3. The third kappa shape index (κ3) is 7.10. The Bertz CT molecular complexity index is 599. The molecule has 0 aromatic heterocycles. The molecule has 1 saturated carbocycles. The number of hydrogen-bond acceptors (Lipinski definition) is 6. The number of hydrogen-bond donors (Lipinski definition) is 1. The van der Waals surface area contributed by atoms with Crippen molar-refractivity contribution in [3.8, 4) is 0 Å². The Morgan fingerprint density at radius 2 is 2.06 bits per heavy atom. The van der Waals surface area contributed by atoms with Crippen molar-refractivity contribution in [2.24, 2.45) is 17.8 Å². The lowest BCUT2D eigenvalue weighted by atomic mass is 9.72. The van der Waals surface area contributed by atoms with E-state index in [4.69, 9.17) is 24.8 Å². The monoisotopic (exact) mass is 457 g/mol. The standard InChI is InChI=1S/C23H40BO6S/c1-15(2)21-8-7-16(3)14-23(21)27-10-9-19(29-23)11-17-5-4-6-18(28-17)12-20(30-31-24)13-22(25)26/h15-21,24H,4-14H2,1-3H3,(H,25,26)/t16-,17-,18+,19+,20-,21?,23?/m1/s1/i24T. The van der Waals surface area contributed by atoms with Crippen molar-refractivity contribution in [2.75, 3.05) is 6.61 Å². The molecule has 6 nitrogen and oxygen atoms in total. The lowest BCUT2D eigenvalue weighted by Crippen LogP contribution is -2.55. The Hall–Kier alpha value is -0.275. The maximum atomic E-state index is 11.2. The molecule has 31 heavy (non-hydrogen) atoms. The summed E-state index contributed by atoms with van der Waals surface area (Å²) in [6.45, 7) is 7.60. The van der Waals surface area contributed by atoms with Crippen LogP contribution in [0.4, 0.5) is 0 Å². The van der Waals surface area contributed by atoms with Gasteiger partial charge in [-0.2, -0.15) is 0 Å². The largest absolute Gasteiger partial charge is 0.481 e. The fraction of sp³-hybridized carbons (Fsp3) is 0.957. The molecule has 177 valence electrons. The molecule has 0 bridgehead atoms. The van der Waals surface area contributed by atoms with Gasteiger partial charge in [0.15, 0.2) is 5.79 Å². The van der Waals surface area contributed by atoms with Crippen LogP contribution in [0.1, 0.15) is 85.0 Å². The summed E-state index contributed by atoms with van der Waals surface area (Å²) in [4.78, 5) is 11.2. The van der Waals surface area contributed by atoms with Gasteiger partial charge in [-0.15, -0.1) is 0 Å². The zero-order valence-electron chi connectivity index (χ0n) is 20.3. The molecule has 7 atom stereocenters. The van der Waals surface area contributed by atoms with Gasteiger partial charge in [-0.25, -0.2) is 0 Å². The van der Waals surface area contributed by atoms with Gasteiger partial charge in [-0.1, -0.05) is 39.1 Å². The molecule has 8 heteroatoms. The first-order chi connectivity index (χ1) is 15.3. The summed E-state index contributed by atoms with van der Waals surface area (Å²) in [6, 6.07) is 0. The van der Waals surface area contributed by atoms with Gasteiger partial charge in [0.1, 0.15) is 0 Å². The third-order valence-electron chi connectivity index (χ3n) is 7.21. The molecule has 0 aromatic carbocycles. The van der Waals surface area contributed by atoms with Gasteiger partial charge in [-0.3, -0.25) is 4.79 Å². The Morgan fingerprint density at radius 1 is 1.26 bits per heavy atom. The van der Waals surface area contributed by atoms with Gasteiger partial charge >= 0.3 is 5.97 Å². The molecule has 2 aliphatic heterocycles. The summed E-state index contributed by atoms with van der Waals surface area (Å²) in [7, 11) is 1.08. The molecule has 2 saturated heterocycles. The van der Waals surface area contributed by atoms with Crippen molar-refractivity contribution in [3.63, 3.8) is 0 Å². The molecule has 3 rings (SSSR count). The number of carboxylic acid groups (broad SMARTS) is 1. The van der Waals surface area contributed by atoms with E-state index in [1.165, 1.54) is 6.42 Å². The quantitative estimate of drug-likeness (QED) is 0.379. The molecule has 3 aliphatic rings. The van der Waals surface area contributed by atoms with Gasteiger partial charge in [-0.05, 0) is 51.7 Å². The summed E-state index contributed by atoms with van der Waals surface area (Å²) in [5.41, 5.74) is 0. The maximum Gasteiger partial charge on any atom is 0.306 e. The average molecular weight is 457 g/mol. The van der Waals surface area contributed by atoms with Gasteiger partial charge in [0.05, 0.1) is 37.4 Å². The summed E-state index contributed by atoms with van der Waals surface area (Å²) in [5, 5.41) is 9.17. The fourth-order valence-corrected chi connectivity index (χ4v) is 6.12. The number of aliphatic carboxylic acids is 1. The summed E-state index contributed by atoms with van der Waals surface area (Å²) < 4.78 is 32.1. The second-order valence-electron chi connectivity index (χ2n) is 10.1. The van der Waals surface area contributed by atoms with E-state index in [1.54, 1.807) is 0 Å². The van der Waals surface area contributed by atoms with Crippen LogP contribution in [0.5, 0.6) is 0 Å². The third-order valence-corrected chi connectivity index (χ3v) is 7.59. The van der Waals surface area contributed by atoms with E-state index in [1.807, 2.05) is 0 Å². The Kier molecular flexibility index (Phi) is 9.03. The fourth-order valence-electron chi connectivity index (χ4n) is 5.81. The Morgan fingerprint density at radius 3 is 2.81 bits per heavy atom. The van der Waals surface area contributed by atoms with Crippen molar-refractivity contribution >= 4 is 25.0 Å². The molecule has 1 spiro atoms. The van der Waals surface area contributed by atoms with Crippen molar-refractivity contribution in [1.82, 2.24) is 0 Å². The molecular weight excluding hydrogens is 415 g/mol. The minimum absolute atomic E-state index is 0.0173. The Balaban J connectivity index is 1.56. The minimum atomic E-state index is -0.893. The van der Waals surface area contributed by atoms with Gasteiger partial charge in [0, 0.05) is 18.8 Å². The number of carboxylic acids is 1. The maximum absolute atomic E-state index is 11.2. The number of rotatable bonds is 10. The molecule has 1 aliphatic carbocycles. The first-order valence-corrected chi connectivity index (χ1v) is 12.8. The van der Waals surface area contributed by atoms with Crippen molar-refractivity contribution in [2.45, 2.75) is 115 Å². The van der Waals surface area contributed by atoms with E-state index >= 15 is 0 Å². The molecule has 3 fully saturated rings. The van der Waals surface area contributed by atoms with Crippen LogP contribution in [0.15, 0.2) is 0 Å². The summed E-state index contributed by atoms with van der Waals surface area (Å²) >= 11 is 0.880. The molecule has 0 aromatic rings. The lowest BCUT2D eigenvalue weighted by Gasteiger charge is -2.51. The molecular formula is C23H40BO6S. The summed E-state index contributed by atoms with van der Waals surface area (Å²) in [6.07, 6.45) is 8.35. The minimum Gasteiger partial charge on any atom is -0.481 e. The van der Waals surface area contributed by atoms with E-state index < -0.39 is 17.9 Å². The van der Waals surface area contributed by atoms with Gasteiger partial charge in [0.2, 0.25) is 7.09 Å². The van der Waals surface area contributed by atoms with Crippen molar-refractivity contribution < 1.29 is 28.3 Å². The van der Waals surface area contributed by atoms with Crippen LogP contribution in [-0.4, -0.2) is 56.3 Å². The van der Waals surface area contributed by atoms with E-state index in [-0.39, 0.29) is 24.7 Å². The normalized spacial score (nSPS) is 38.1. The first kappa shape index (κ1) is 23.9. The molecule has 0 amide bonds. The van der Waals surface area contributed by atoms with Crippen LogP contribution < -0.4 is 0 Å². The topological polar surface area (TPSA) is 74.2 Å². The van der Waals surface area contributed by atoms with Gasteiger partial charge in [0.25, 0.3) is 0 Å². The molecule has 1 N–H and O–H groups in total. The van der Waals surface area contributed by atoms with E-state index in [9.17, 15) is 4.79 Å². The zero-order valence-corrected chi connectivity index (χ0v) is 20.1. The van der Waals surface area contributed by atoms with Crippen molar-refractivity contribution in [1.29, 1.82) is 1.34 Å². The second-order valence-corrected chi connectivity index (χ2v) is 10.5. The average Bonchev–Trinajstić information content (AvgIpc) is 2.71. The highest BCUT2D eigenvalue weighted by Crippen LogP contribution is 2.47. The van der Waals surface area contributed by atoms with Crippen LogP contribution in [0.2, 0.25) is 0 Å². The second kappa shape index (κ2) is 11.7. The first-order valence-electron chi connectivity index (χ1n) is 12.6. The molecule has 2 heterocycles.